The Morgan fingerprint density at radius 3 is 2.69 bits per heavy atom. The maximum Gasteiger partial charge on any atom is 0.262 e. The van der Waals surface area contributed by atoms with Crippen molar-refractivity contribution < 1.29 is 23.2 Å². The van der Waals surface area contributed by atoms with Crippen molar-refractivity contribution in [3.63, 3.8) is 0 Å². The van der Waals surface area contributed by atoms with E-state index in [-0.39, 0.29) is 13.0 Å². The second kappa shape index (κ2) is 8.51. The molecule has 3 aliphatic heterocycles. The maximum absolute atomic E-state index is 15.0. The number of nitrogens with one attached hydrogen (secondary N) is 1. The van der Waals surface area contributed by atoms with Crippen molar-refractivity contribution >= 4 is 40.7 Å². The molecule has 4 aliphatic rings. The molecule has 1 N–H and O–H groups in total. The van der Waals surface area contributed by atoms with E-state index in [4.69, 9.17) is 11.6 Å². The van der Waals surface area contributed by atoms with Crippen molar-refractivity contribution in [2.45, 2.75) is 69.7 Å². The summed E-state index contributed by atoms with van der Waals surface area (Å²) in [6.45, 7) is 3.94. The second-order valence-corrected chi connectivity index (χ2v) is 11.6. The highest BCUT2D eigenvalue weighted by Crippen LogP contribution is 2.50. The highest BCUT2D eigenvalue weighted by atomic mass is 35.5. The number of halogens is 3. The van der Waals surface area contributed by atoms with Crippen LogP contribution in [0.1, 0.15) is 48.6 Å². The summed E-state index contributed by atoms with van der Waals surface area (Å²) in [5.74, 6) is -5.35. The van der Waals surface area contributed by atoms with Crippen molar-refractivity contribution in [3.8, 4) is 0 Å². The zero-order valence-corrected chi connectivity index (χ0v) is 20.8. The van der Waals surface area contributed by atoms with E-state index >= 15 is 8.78 Å². The Hall–Kier alpha value is -2.60. The standard InChI is InChI=1S/C22H25ClF2N6O3S/c1-21(2,27-18(32)14-5-6-15(23)35-14)20(34)31-12-3-4-13(22(24,25)9-12)17(31)19(33)29-7-8-30-11-26-28-16(30)10-29/h5-6,11-13,17H,3-4,7-10H2,1-2H3,(H,27,32)/t12?,13?,17-/m1/s1. The number of hydrogen-bond donors (Lipinski definition) is 1. The summed E-state index contributed by atoms with van der Waals surface area (Å²) in [6, 6.07) is 1.02. The first kappa shape index (κ1) is 24.1. The average molecular weight is 527 g/mol. The summed E-state index contributed by atoms with van der Waals surface area (Å²) in [5, 5.41) is 10.5. The van der Waals surface area contributed by atoms with Gasteiger partial charge in [0.25, 0.3) is 11.8 Å². The van der Waals surface area contributed by atoms with Crippen molar-refractivity contribution in [2.24, 2.45) is 5.92 Å². The van der Waals surface area contributed by atoms with Crippen LogP contribution in [-0.4, -0.2) is 72.4 Å². The maximum atomic E-state index is 15.0. The number of hydrogen-bond acceptors (Lipinski definition) is 6. The van der Waals surface area contributed by atoms with Gasteiger partial charge in [-0.3, -0.25) is 14.4 Å². The molecule has 3 fully saturated rings. The molecule has 0 radical (unpaired) electrons. The van der Waals surface area contributed by atoms with Crippen LogP contribution in [0.3, 0.4) is 0 Å². The van der Waals surface area contributed by atoms with Crippen molar-refractivity contribution in [3.05, 3.63) is 33.5 Å². The second-order valence-electron chi connectivity index (χ2n) is 9.84. The number of nitrogens with zero attached hydrogens (tertiary/aromatic N) is 5. The zero-order valence-electron chi connectivity index (χ0n) is 19.2. The van der Waals surface area contributed by atoms with E-state index in [1.165, 1.54) is 23.6 Å². The molecule has 9 nitrogen and oxygen atoms in total. The number of thiophene rings is 1. The molecular formula is C22H25ClF2N6O3S. The van der Waals surface area contributed by atoms with Crippen LogP contribution in [0.15, 0.2) is 18.5 Å². The lowest BCUT2D eigenvalue weighted by Gasteiger charge is -2.55. The fourth-order valence-corrected chi connectivity index (χ4v) is 6.32. The van der Waals surface area contributed by atoms with Gasteiger partial charge in [0.1, 0.15) is 17.9 Å². The van der Waals surface area contributed by atoms with Crippen LogP contribution < -0.4 is 5.32 Å². The predicted octanol–water partition coefficient (Wildman–Crippen LogP) is 2.56. The molecule has 3 amide bonds. The molecule has 2 bridgehead atoms. The van der Waals surface area contributed by atoms with Crippen molar-refractivity contribution in [2.75, 3.05) is 6.54 Å². The van der Waals surface area contributed by atoms with Crippen LogP contribution >= 0.6 is 22.9 Å². The minimum Gasteiger partial charge on any atom is -0.337 e. The van der Waals surface area contributed by atoms with Gasteiger partial charge in [-0.2, -0.15) is 0 Å². The molecule has 0 aromatic carbocycles. The molecule has 6 rings (SSSR count). The first-order valence-electron chi connectivity index (χ1n) is 11.4. The quantitative estimate of drug-likeness (QED) is 0.660. The van der Waals surface area contributed by atoms with Gasteiger partial charge in [0, 0.05) is 25.6 Å². The van der Waals surface area contributed by atoms with Crippen molar-refractivity contribution in [1.29, 1.82) is 0 Å². The number of rotatable bonds is 4. The number of piperidine rings is 2. The Morgan fingerprint density at radius 2 is 2.00 bits per heavy atom. The van der Waals surface area contributed by atoms with Gasteiger partial charge in [0.2, 0.25) is 11.8 Å². The summed E-state index contributed by atoms with van der Waals surface area (Å²) in [5.41, 5.74) is -1.43. The van der Waals surface area contributed by atoms with Crippen molar-refractivity contribution in [1.82, 2.24) is 29.9 Å². The Kier molecular flexibility index (Phi) is 5.86. The van der Waals surface area contributed by atoms with Crippen LogP contribution in [0.5, 0.6) is 0 Å². The fraction of sp³-hybridized carbons (Fsp3) is 0.591. The minimum atomic E-state index is -3.06. The minimum absolute atomic E-state index is 0.138. The van der Waals surface area contributed by atoms with Gasteiger partial charge in [-0.25, -0.2) is 8.78 Å². The van der Waals surface area contributed by atoms with E-state index in [1.54, 1.807) is 18.5 Å². The summed E-state index contributed by atoms with van der Waals surface area (Å²) in [7, 11) is 0. The number of amides is 3. The normalized spacial score (nSPS) is 25.3. The number of alkyl halides is 2. The largest absolute Gasteiger partial charge is 0.337 e. The Labute approximate surface area is 209 Å². The van der Waals surface area contributed by atoms with Crippen LogP contribution in [0.2, 0.25) is 4.34 Å². The lowest BCUT2D eigenvalue weighted by molar-refractivity contribution is -0.200. The van der Waals surface area contributed by atoms with Gasteiger partial charge < -0.3 is 19.7 Å². The summed E-state index contributed by atoms with van der Waals surface area (Å²) >= 11 is 6.99. The van der Waals surface area contributed by atoms with Gasteiger partial charge >= 0.3 is 0 Å². The number of aromatic nitrogens is 3. The van der Waals surface area contributed by atoms with E-state index in [0.29, 0.717) is 34.5 Å². The first-order chi connectivity index (χ1) is 16.5. The number of carbonyl (C=O) groups excluding carboxylic acids is 3. The van der Waals surface area contributed by atoms with Gasteiger partial charge in [-0.1, -0.05) is 11.6 Å². The lowest BCUT2D eigenvalue weighted by atomic mass is 9.70. The molecular weight excluding hydrogens is 502 g/mol. The molecule has 2 unspecified atom stereocenters. The third-order valence-corrected chi connectivity index (χ3v) is 8.36. The molecule has 35 heavy (non-hydrogen) atoms. The third-order valence-electron chi connectivity index (χ3n) is 7.13. The van der Waals surface area contributed by atoms with Crippen LogP contribution in [0.25, 0.3) is 0 Å². The van der Waals surface area contributed by atoms with E-state index in [2.05, 4.69) is 15.5 Å². The summed E-state index contributed by atoms with van der Waals surface area (Å²) in [4.78, 5) is 43.3. The average Bonchev–Trinajstić information content (AvgIpc) is 3.45. The Balaban J connectivity index is 1.42. The number of carbonyl (C=O) groups is 3. The first-order valence-corrected chi connectivity index (χ1v) is 12.6. The molecule has 2 aromatic rings. The fourth-order valence-electron chi connectivity index (χ4n) is 5.38. The summed E-state index contributed by atoms with van der Waals surface area (Å²) < 4.78 is 32.3. The molecule has 0 spiro atoms. The SMILES string of the molecule is CC(C)(NC(=O)c1ccc(Cl)s1)C(=O)N1C2CCC([C@@H]1C(=O)N1CCn3cnnc3C1)C(F)(F)C2. The molecule has 1 saturated carbocycles. The van der Waals surface area contributed by atoms with Crippen LogP contribution in [0.4, 0.5) is 8.78 Å². The third kappa shape index (κ3) is 4.20. The Morgan fingerprint density at radius 1 is 1.23 bits per heavy atom. The van der Waals surface area contributed by atoms with E-state index in [1.807, 2.05) is 4.57 Å². The van der Waals surface area contributed by atoms with E-state index in [0.717, 1.165) is 11.3 Å². The molecule has 1 aliphatic carbocycles. The smallest absolute Gasteiger partial charge is 0.262 e. The molecule has 2 aromatic heterocycles. The zero-order chi connectivity index (χ0) is 25.1. The highest BCUT2D eigenvalue weighted by Gasteiger charge is 2.62. The molecule has 2 saturated heterocycles. The summed E-state index contributed by atoms with van der Waals surface area (Å²) in [6.07, 6.45) is 1.61. The van der Waals surface area contributed by atoms with Crippen LogP contribution in [0, 0.1) is 5.92 Å². The molecule has 188 valence electrons. The van der Waals surface area contributed by atoms with Gasteiger partial charge in [-0.15, -0.1) is 21.5 Å². The topological polar surface area (TPSA) is 100 Å². The highest BCUT2D eigenvalue weighted by molar-refractivity contribution is 7.18. The van der Waals surface area contributed by atoms with Gasteiger partial charge in [0.05, 0.1) is 21.7 Å². The van der Waals surface area contributed by atoms with Crippen LogP contribution in [-0.2, 0) is 22.7 Å². The van der Waals surface area contributed by atoms with Gasteiger partial charge in [-0.05, 0) is 38.8 Å². The molecule has 13 heteroatoms. The Bertz CT molecular complexity index is 1180. The lowest BCUT2D eigenvalue weighted by Crippen LogP contribution is -2.72. The van der Waals surface area contributed by atoms with Gasteiger partial charge in [0.15, 0.2) is 5.82 Å². The monoisotopic (exact) mass is 526 g/mol. The number of fused-ring (bicyclic) bond motifs is 4. The molecule has 3 atom stereocenters. The molecule has 5 heterocycles. The van der Waals surface area contributed by atoms with E-state index < -0.39 is 53.6 Å². The van der Waals surface area contributed by atoms with E-state index in [9.17, 15) is 14.4 Å². The predicted molar refractivity (Wildman–Crippen MR) is 123 cm³/mol.